The number of rotatable bonds is 5. The van der Waals surface area contributed by atoms with E-state index in [1.807, 2.05) is 0 Å². The van der Waals surface area contributed by atoms with Gasteiger partial charge in [0.1, 0.15) is 6.54 Å². The fraction of sp³-hybridized carbons (Fsp3) is 0.500. The van der Waals surface area contributed by atoms with Crippen molar-refractivity contribution in [3.05, 3.63) is 29.8 Å². The van der Waals surface area contributed by atoms with Crippen molar-refractivity contribution < 1.29 is 26.4 Å². The summed E-state index contributed by atoms with van der Waals surface area (Å²) >= 11 is 0. The number of nitrogens with one attached hydrogen (secondary N) is 1. The minimum absolute atomic E-state index is 0. The number of nitrogens with zero attached hydrogens (tertiary/aromatic N) is 1. The summed E-state index contributed by atoms with van der Waals surface area (Å²) in [6.07, 6.45) is -3.10. The first-order chi connectivity index (χ1) is 11.1. The van der Waals surface area contributed by atoms with Gasteiger partial charge in [-0.25, -0.2) is 8.42 Å². The number of carbonyl (C=O) groups excluding carboxylic acids is 1. The van der Waals surface area contributed by atoms with Gasteiger partial charge in [0, 0.05) is 24.7 Å². The Labute approximate surface area is 150 Å². The molecule has 1 aromatic carbocycles. The van der Waals surface area contributed by atoms with E-state index in [1.165, 1.54) is 28.6 Å². The fourth-order valence-corrected chi connectivity index (χ4v) is 4.26. The van der Waals surface area contributed by atoms with Crippen molar-refractivity contribution in [2.75, 3.05) is 19.6 Å². The van der Waals surface area contributed by atoms with Gasteiger partial charge in [0.2, 0.25) is 10.0 Å². The Morgan fingerprint density at radius 2 is 1.88 bits per heavy atom. The van der Waals surface area contributed by atoms with Crippen LogP contribution in [0, 0.1) is 0 Å². The number of nitrogens with two attached hydrogens (primary N) is 1. The van der Waals surface area contributed by atoms with E-state index in [0.29, 0.717) is 13.0 Å². The molecular weight excluding hydrogens is 383 g/mol. The molecule has 1 aromatic rings. The number of amides is 1. The number of alkyl halides is 3. The van der Waals surface area contributed by atoms with E-state index in [9.17, 15) is 26.4 Å². The van der Waals surface area contributed by atoms with Crippen LogP contribution in [0.1, 0.15) is 23.2 Å². The summed E-state index contributed by atoms with van der Waals surface area (Å²) in [5.74, 6) is -0.919. The van der Waals surface area contributed by atoms with Gasteiger partial charge < -0.3 is 11.1 Å². The maximum atomic E-state index is 12.6. The summed E-state index contributed by atoms with van der Waals surface area (Å²) in [7, 11) is -3.74. The minimum atomic E-state index is -4.51. The first kappa shape index (κ1) is 21.7. The lowest BCUT2D eigenvalue weighted by molar-refractivity contribution is -0.123. The van der Waals surface area contributed by atoms with Gasteiger partial charge in [0.25, 0.3) is 5.91 Å². The van der Waals surface area contributed by atoms with E-state index in [4.69, 9.17) is 5.73 Å². The first-order valence-corrected chi connectivity index (χ1v) is 8.76. The average molecular weight is 402 g/mol. The molecule has 3 N–H and O–H groups in total. The van der Waals surface area contributed by atoms with Crippen LogP contribution in [0.4, 0.5) is 13.2 Å². The third-order valence-corrected chi connectivity index (χ3v) is 5.73. The second kappa shape index (κ2) is 8.35. The molecule has 0 radical (unpaired) electrons. The Morgan fingerprint density at radius 1 is 1.28 bits per heavy atom. The maximum Gasteiger partial charge on any atom is 0.405 e. The molecule has 25 heavy (non-hydrogen) atoms. The largest absolute Gasteiger partial charge is 0.405 e. The van der Waals surface area contributed by atoms with Crippen molar-refractivity contribution in [3.8, 4) is 0 Å². The van der Waals surface area contributed by atoms with Gasteiger partial charge in [-0.05, 0) is 37.1 Å². The van der Waals surface area contributed by atoms with Crippen LogP contribution >= 0.6 is 12.4 Å². The SMILES string of the molecule is Cl.NCC1CCCN1S(=O)(=O)c1ccc(C(=O)NCC(F)(F)F)cc1. The molecular formula is C14H19ClF3N3O3S. The van der Waals surface area contributed by atoms with Crippen molar-refractivity contribution in [3.63, 3.8) is 0 Å². The Hall–Kier alpha value is -1.36. The van der Waals surface area contributed by atoms with Crippen LogP contribution in [-0.2, 0) is 10.0 Å². The summed E-state index contributed by atoms with van der Waals surface area (Å²) in [5, 5.41) is 1.73. The van der Waals surface area contributed by atoms with Gasteiger partial charge in [-0.2, -0.15) is 17.5 Å². The van der Waals surface area contributed by atoms with Crippen molar-refractivity contribution in [2.45, 2.75) is 30.0 Å². The maximum absolute atomic E-state index is 12.6. The highest BCUT2D eigenvalue weighted by Gasteiger charge is 2.34. The van der Waals surface area contributed by atoms with Gasteiger partial charge in [-0.15, -0.1) is 12.4 Å². The molecule has 6 nitrogen and oxygen atoms in total. The molecule has 0 aromatic heterocycles. The Kier molecular flexibility index (Phi) is 7.24. The minimum Gasteiger partial charge on any atom is -0.343 e. The van der Waals surface area contributed by atoms with E-state index < -0.39 is 28.7 Å². The molecule has 142 valence electrons. The number of halogens is 4. The number of benzene rings is 1. The molecule has 0 saturated carbocycles. The number of sulfonamides is 1. The quantitative estimate of drug-likeness (QED) is 0.782. The summed E-state index contributed by atoms with van der Waals surface area (Å²) in [6.45, 7) is -0.854. The Bertz CT molecular complexity index is 696. The van der Waals surface area contributed by atoms with Crippen molar-refractivity contribution >= 4 is 28.3 Å². The van der Waals surface area contributed by atoms with E-state index in [1.54, 1.807) is 5.32 Å². The molecule has 1 unspecified atom stereocenters. The molecule has 1 heterocycles. The van der Waals surface area contributed by atoms with Crippen LogP contribution in [0.15, 0.2) is 29.2 Å². The van der Waals surface area contributed by atoms with E-state index in [2.05, 4.69) is 0 Å². The smallest absolute Gasteiger partial charge is 0.343 e. The second-order valence-electron chi connectivity index (χ2n) is 5.47. The summed E-state index contributed by atoms with van der Waals surface area (Å²) in [6, 6.07) is 4.54. The molecule has 0 aliphatic carbocycles. The Morgan fingerprint density at radius 3 is 2.40 bits per heavy atom. The first-order valence-electron chi connectivity index (χ1n) is 7.32. The molecule has 2 rings (SSSR count). The summed E-state index contributed by atoms with van der Waals surface area (Å²) < 4.78 is 62.7. The van der Waals surface area contributed by atoms with Gasteiger partial charge >= 0.3 is 6.18 Å². The Balaban J connectivity index is 0.00000312. The molecule has 1 saturated heterocycles. The molecule has 1 fully saturated rings. The highest BCUT2D eigenvalue weighted by atomic mass is 35.5. The van der Waals surface area contributed by atoms with Crippen LogP contribution in [-0.4, -0.2) is 50.5 Å². The third-order valence-electron chi connectivity index (χ3n) is 3.77. The predicted molar refractivity (Wildman–Crippen MR) is 88.0 cm³/mol. The molecule has 1 aliphatic rings. The number of carbonyl (C=O) groups is 1. The van der Waals surface area contributed by atoms with Gasteiger partial charge in [-0.1, -0.05) is 0 Å². The third kappa shape index (κ3) is 5.30. The zero-order valence-electron chi connectivity index (χ0n) is 13.1. The van der Waals surface area contributed by atoms with Crippen LogP contribution in [0.2, 0.25) is 0 Å². The van der Waals surface area contributed by atoms with Crippen LogP contribution in [0.25, 0.3) is 0 Å². The van der Waals surface area contributed by atoms with Gasteiger partial charge in [-0.3, -0.25) is 4.79 Å². The molecule has 0 bridgehead atoms. The monoisotopic (exact) mass is 401 g/mol. The van der Waals surface area contributed by atoms with Crippen LogP contribution < -0.4 is 11.1 Å². The van der Waals surface area contributed by atoms with E-state index >= 15 is 0 Å². The van der Waals surface area contributed by atoms with Crippen LogP contribution in [0.3, 0.4) is 0 Å². The summed E-state index contributed by atoms with van der Waals surface area (Å²) in [4.78, 5) is 11.6. The number of hydrogen-bond donors (Lipinski definition) is 2. The van der Waals surface area contributed by atoms with Crippen molar-refractivity contribution in [1.29, 1.82) is 0 Å². The summed E-state index contributed by atoms with van der Waals surface area (Å²) in [5.41, 5.74) is 5.53. The predicted octanol–water partition coefficient (Wildman–Crippen LogP) is 1.51. The van der Waals surface area contributed by atoms with Crippen LogP contribution in [0.5, 0.6) is 0 Å². The average Bonchev–Trinajstić information content (AvgIpc) is 3.01. The van der Waals surface area contributed by atoms with Crippen molar-refractivity contribution in [1.82, 2.24) is 9.62 Å². The molecule has 1 atom stereocenters. The molecule has 1 amide bonds. The lowest BCUT2D eigenvalue weighted by Crippen LogP contribution is -2.39. The normalized spacial score (nSPS) is 18.6. The van der Waals surface area contributed by atoms with Crippen molar-refractivity contribution in [2.24, 2.45) is 5.73 Å². The standard InChI is InChI=1S/C14H18F3N3O3S.ClH/c15-14(16,17)9-19-13(21)10-3-5-12(6-4-10)24(22,23)20-7-1-2-11(20)8-18;/h3-6,11H,1-2,7-9,18H2,(H,19,21);1H. The van der Waals surface area contributed by atoms with Gasteiger partial charge in [0.05, 0.1) is 4.90 Å². The lowest BCUT2D eigenvalue weighted by Gasteiger charge is -2.22. The lowest BCUT2D eigenvalue weighted by atomic mass is 10.2. The number of hydrogen-bond acceptors (Lipinski definition) is 4. The van der Waals surface area contributed by atoms with E-state index in [0.717, 1.165) is 6.42 Å². The highest BCUT2D eigenvalue weighted by Crippen LogP contribution is 2.25. The second-order valence-corrected chi connectivity index (χ2v) is 7.36. The molecule has 1 aliphatic heterocycles. The zero-order chi connectivity index (χ0) is 18.0. The molecule has 0 spiro atoms. The molecule has 11 heteroatoms. The fourth-order valence-electron chi connectivity index (χ4n) is 2.56. The zero-order valence-corrected chi connectivity index (χ0v) is 14.8. The highest BCUT2D eigenvalue weighted by molar-refractivity contribution is 7.89. The van der Waals surface area contributed by atoms with Gasteiger partial charge in [0.15, 0.2) is 0 Å². The van der Waals surface area contributed by atoms with E-state index in [-0.39, 0.29) is 35.5 Å². The topological polar surface area (TPSA) is 92.5 Å².